The van der Waals surface area contributed by atoms with Crippen LogP contribution >= 0.6 is 23.1 Å². The molecule has 0 spiro atoms. The van der Waals surface area contributed by atoms with Crippen LogP contribution in [0.4, 0.5) is 10.8 Å². The Morgan fingerprint density at radius 3 is 2.23 bits per heavy atom. The molecule has 0 saturated carbocycles. The van der Waals surface area contributed by atoms with Crippen LogP contribution in [0.25, 0.3) is 21.0 Å². The fourth-order valence-electron chi connectivity index (χ4n) is 4.28. The summed E-state index contributed by atoms with van der Waals surface area (Å²) in [6.45, 7) is 0. The van der Waals surface area contributed by atoms with Gasteiger partial charge in [0.15, 0.2) is 5.13 Å². The molecule has 0 aliphatic carbocycles. The highest BCUT2D eigenvalue weighted by molar-refractivity contribution is 8.00. The van der Waals surface area contributed by atoms with Gasteiger partial charge in [-0.1, -0.05) is 84.1 Å². The van der Waals surface area contributed by atoms with E-state index in [-0.39, 0.29) is 11.8 Å². The lowest BCUT2D eigenvalue weighted by Gasteiger charge is -2.16. The molecule has 0 aliphatic heterocycles. The average Bonchev–Trinajstić information content (AvgIpc) is 3.39. The van der Waals surface area contributed by atoms with Crippen LogP contribution in [0.15, 0.2) is 126 Å². The molecule has 5 aromatic carbocycles. The van der Waals surface area contributed by atoms with E-state index in [0.29, 0.717) is 16.4 Å². The maximum Gasteiger partial charge on any atom is 0.255 e. The minimum atomic E-state index is -0.476. The maximum atomic E-state index is 13.4. The number of amides is 2. The first-order valence-corrected chi connectivity index (χ1v) is 14.1. The molecule has 39 heavy (non-hydrogen) atoms. The molecule has 0 radical (unpaired) electrons. The lowest BCUT2D eigenvalue weighted by molar-refractivity contribution is -0.115. The smallest absolute Gasteiger partial charge is 0.255 e. The third-order valence-electron chi connectivity index (χ3n) is 6.24. The lowest BCUT2D eigenvalue weighted by Crippen LogP contribution is -2.18. The van der Waals surface area contributed by atoms with E-state index in [9.17, 15) is 9.59 Å². The second kappa shape index (κ2) is 11.1. The van der Waals surface area contributed by atoms with Gasteiger partial charge in [0.05, 0.1) is 10.2 Å². The molecule has 1 aromatic heterocycles. The first kappa shape index (κ1) is 24.9. The number of nitrogens with zero attached hydrogens (tertiary/aromatic N) is 1. The number of hydrogen-bond acceptors (Lipinski definition) is 5. The molecule has 7 heteroatoms. The largest absolute Gasteiger partial charge is 0.322 e. The Morgan fingerprint density at radius 2 is 1.44 bits per heavy atom. The van der Waals surface area contributed by atoms with Crippen molar-refractivity contribution >= 4 is 66.7 Å². The van der Waals surface area contributed by atoms with Crippen molar-refractivity contribution in [1.29, 1.82) is 0 Å². The van der Waals surface area contributed by atoms with E-state index >= 15 is 0 Å². The highest BCUT2D eigenvalue weighted by Crippen LogP contribution is 2.37. The van der Waals surface area contributed by atoms with Gasteiger partial charge in [0.1, 0.15) is 5.25 Å². The molecule has 0 saturated heterocycles. The van der Waals surface area contributed by atoms with Crippen LogP contribution < -0.4 is 10.6 Å². The van der Waals surface area contributed by atoms with Gasteiger partial charge >= 0.3 is 0 Å². The monoisotopic (exact) mass is 545 g/mol. The van der Waals surface area contributed by atoms with Crippen molar-refractivity contribution in [2.45, 2.75) is 10.1 Å². The van der Waals surface area contributed by atoms with Gasteiger partial charge in [0.2, 0.25) is 5.91 Å². The van der Waals surface area contributed by atoms with Crippen LogP contribution in [-0.4, -0.2) is 16.8 Å². The molecule has 6 aromatic rings. The number of aromatic nitrogens is 1. The number of fused-ring (bicyclic) bond motifs is 2. The third kappa shape index (κ3) is 5.70. The van der Waals surface area contributed by atoms with Crippen LogP contribution in [0.5, 0.6) is 0 Å². The summed E-state index contributed by atoms with van der Waals surface area (Å²) in [5.74, 6) is -0.308. The number of nitrogens with one attached hydrogen (secondary N) is 2. The minimum Gasteiger partial charge on any atom is -0.322 e. The zero-order valence-electron chi connectivity index (χ0n) is 20.7. The Hall–Kier alpha value is -4.46. The van der Waals surface area contributed by atoms with Gasteiger partial charge < -0.3 is 10.6 Å². The number of thiazole rings is 1. The summed E-state index contributed by atoms with van der Waals surface area (Å²) in [5, 5.41) is 8.19. The Kier molecular flexibility index (Phi) is 7.08. The quantitative estimate of drug-likeness (QED) is 0.199. The fraction of sp³-hybridized carbons (Fsp3) is 0.0312. The Balaban J connectivity index is 1.17. The van der Waals surface area contributed by atoms with E-state index in [1.54, 1.807) is 0 Å². The van der Waals surface area contributed by atoms with Gasteiger partial charge in [-0.3, -0.25) is 9.59 Å². The number of rotatable bonds is 7. The number of anilines is 2. The van der Waals surface area contributed by atoms with Crippen molar-refractivity contribution in [3.05, 3.63) is 132 Å². The molecule has 5 nitrogen and oxygen atoms in total. The van der Waals surface area contributed by atoms with Crippen molar-refractivity contribution < 1.29 is 9.59 Å². The molecule has 2 amide bonds. The fourth-order valence-corrected chi connectivity index (χ4v) is 6.18. The Bertz CT molecular complexity index is 1750. The van der Waals surface area contributed by atoms with E-state index in [4.69, 9.17) is 0 Å². The molecule has 0 bridgehead atoms. The van der Waals surface area contributed by atoms with Gasteiger partial charge in [-0.25, -0.2) is 4.98 Å². The maximum absolute atomic E-state index is 13.4. The average molecular weight is 546 g/mol. The van der Waals surface area contributed by atoms with Crippen LogP contribution in [0.1, 0.15) is 21.2 Å². The summed E-state index contributed by atoms with van der Waals surface area (Å²) < 4.78 is 1.03. The highest BCUT2D eigenvalue weighted by Gasteiger charge is 2.23. The van der Waals surface area contributed by atoms with Gasteiger partial charge in [0, 0.05) is 16.1 Å². The first-order chi connectivity index (χ1) is 19.1. The summed E-state index contributed by atoms with van der Waals surface area (Å²) in [4.78, 5) is 31.8. The molecule has 0 fully saturated rings. The molecule has 1 unspecified atom stereocenters. The summed E-state index contributed by atoms with van der Waals surface area (Å²) in [5.41, 5.74) is 3.05. The zero-order valence-corrected chi connectivity index (χ0v) is 22.3. The third-order valence-corrected chi connectivity index (χ3v) is 8.46. The number of para-hydroxylation sites is 1. The Labute approximate surface area is 233 Å². The van der Waals surface area contributed by atoms with E-state index in [1.165, 1.54) is 23.1 Å². The topological polar surface area (TPSA) is 71.1 Å². The summed E-state index contributed by atoms with van der Waals surface area (Å²) in [6.07, 6.45) is 0. The number of carbonyl (C=O) groups excluding carboxylic acids is 2. The van der Waals surface area contributed by atoms with Gasteiger partial charge in [-0.15, -0.1) is 11.8 Å². The summed E-state index contributed by atoms with van der Waals surface area (Å²) in [7, 11) is 0. The van der Waals surface area contributed by atoms with Crippen molar-refractivity contribution in [3.8, 4) is 0 Å². The molecule has 1 heterocycles. The van der Waals surface area contributed by atoms with E-state index < -0.39 is 5.25 Å². The minimum absolute atomic E-state index is 0.140. The second-order valence-electron chi connectivity index (χ2n) is 8.92. The lowest BCUT2D eigenvalue weighted by atomic mass is 10.1. The molecule has 6 rings (SSSR count). The number of carbonyl (C=O) groups is 2. The van der Waals surface area contributed by atoms with Crippen LogP contribution in [0.3, 0.4) is 0 Å². The van der Waals surface area contributed by atoms with E-state index in [1.807, 2.05) is 121 Å². The standard InChI is InChI=1S/C32H23N3O2S2/c36-30(24-15-14-21-8-4-5-11-23(21)20-24)33-25-16-18-26(19-17-25)38-29(22-9-2-1-3-10-22)31(37)35-32-34-27-12-6-7-13-28(27)39-32/h1-20,29H,(H,33,36)(H,34,35,37). The van der Waals surface area contributed by atoms with Crippen molar-refractivity contribution in [3.63, 3.8) is 0 Å². The Morgan fingerprint density at radius 1 is 0.718 bits per heavy atom. The molecule has 2 N–H and O–H groups in total. The number of hydrogen-bond donors (Lipinski definition) is 2. The molecule has 0 aliphatic rings. The van der Waals surface area contributed by atoms with E-state index in [2.05, 4.69) is 15.6 Å². The molecular formula is C32H23N3O2S2. The van der Waals surface area contributed by atoms with Crippen LogP contribution in [-0.2, 0) is 4.79 Å². The van der Waals surface area contributed by atoms with Crippen molar-refractivity contribution in [2.24, 2.45) is 0 Å². The van der Waals surface area contributed by atoms with Crippen LogP contribution in [0.2, 0.25) is 0 Å². The summed E-state index contributed by atoms with van der Waals surface area (Å²) >= 11 is 2.91. The van der Waals surface area contributed by atoms with Gasteiger partial charge in [-0.2, -0.15) is 0 Å². The molecule has 190 valence electrons. The first-order valence-electron chi connectivity index (χ1n) is 12.4. The van der Waals surface area contributed by atoms with Crippen LogP contribution in [0, 0.1) is 0 Å². The number of benzene rings is 5. The normalized spacial score (nSPS) is 11.8. The number of thioether (sulfide) groups is 1. The second-order valence-corrected chi connectivity index (χ2v) is 11.1. The van der Waals surface area contributed by atoms with E-state index in [0.717, 1.165) is 31.4 Å². The van der Waals surface area contributed by atoms with Crippen molar-refractivity contribution in [1.82, 2.24) is 4.98 Å². The highest BCUT2D eigenvalue weighted by atomic mass is 32.2. The SMILES string of the molecule is O=C(Nc1ccc(SC(C(=O)Nc2nc3ccccc3s2)c2ccccc2)cc1)c1ccc2ccccc2c1. The summed E-state index contributed by atoms with van der Waals surface area (Å²) in [6, 6.07) is 38.7. The molecule has 1 atom stereocenters. The van der Waals surface area contributed by atoms with Gasteiger partial charge in [-0.05, 0) is 64.9 Å². The van der Waals surface area contributed by atoms with Gasteiger partial charge in [0.25, 0.3) is 5.91 Å². The van der Waals surface area contributed by atoms with Crippen molar-refractivity contribution in [2.75, 3.05) is 10.6 Å². The zero-order chi connectivity index (χ0) is 26.6. The predicted molar refractivity (Wildman–Crippen MR) is 162 cm³/mol. The predicted octanol–water partition coefficient (Wildman–Crippen LogP) is 8.17. The molecular weight excluding hydrogens is 523 g/mol.